The predicted octanol–water partition coefficient (Wildman–Crippen LogP) is 4.56. The second kappa shape index (κ2) is 44.3. The van der Waals surface area contributed by atoms with Crippen molar-refractivity contribution < 1.29 is 62.3 Å². The van der Waals surface area contributed by atoms with Crippen LogP contribution in [0.25, 0.3) is 76.3 Å². The van der Waals surface area contributed by atoms with E-state index in [9.17, 15) is 24.0 Å². The minimum absolute atomic E-state index is 0.0312. The number of carbonyl (C=O) groups excluding carboxylic acids is 13. The second-order valence-corrected chi connectivity index (χ2v) is 34.4. The number of nitrogens with two attached hydrogens (primary N) is 5. The van der Waals surface area contributed by atoms with Crippen molar-refractivity contribution in [1.29, 1.82) is 5.41 Å². The summed E-state index contributed by atoms with van der Waals surface area (Å²) >= 11 is 0. The molecule has 37 nitrogen and oxygen atoms in total. The minimum atomic E-state index is -1.72. The topological polar surface area (TPSA) is 619 Å². The van der Waals surface area contributed by atoms with Crippen molar-refractivity contribution in [2.75, 3.05) is 6.54 Å². The van der Waals surface area contributed by atoms with Gasteiger partial charge in [-0.2, -0.15) is 0 Å². The SMILES string of the molecule is CC[C@H](C)[C@H](NC(=O)[C@H](Cc1c[nH]c2ccccc12)NC(=O)[C@H](CCC(N)=O)NC(=O)[C@@H](N)CCCNC(=N)N)C(=O)N[C@@H](Cc1c[nH]c2ccccc12)C(=O)N[C@@H](Cc1c[nH]c2ccccc12)C(=O)N[C@@H](Cc1c[nH]c2ccccc12)C(=O)N[C@@H](CCC(N)=O)C(=O)N[C@@H](Cc1c[nH]c2ccccc12)C(=O)N[C@@H](Cc1c[nH]c2ccccc12)C(=O)N[C@@H](Cc1c[nH]c2ccccc12)C(N)=O. The van der Waals surface area contributed by atoms with E-state index in [0.29, 0.717) is 99.9 Å². The van der Waals surface area contributed by atoms with Crippen molar-refractivity contribution in [3.63, 3.8) is 0 Å². The van der Waals surface area contributed by atoms with Crippen LogP contribution in [0.5, 0.6) is 0 Å². The molecule has 14 rings (SSSR count). The first-order chi connectivity index (χ1) is 65.6. The molecule has 0 radical (unpaired) electrons. The van der Waals surface area contributed by atoms with Gasteiger partial charge in [0.05, 0.1) is 6.04 Å². The summed E-state index contributed by atoms with van der Waals surface area (Å²) in [4.78, 5) is 215. The van der Waals surface area contributed by atoms with E-state index in [0.717, 1.165) is 21.8 Å². The van der Waals surface area contributed by atoms with Crippen LogP contribution in [0.1, 0.15) is 97.7 Å². The van der Waals surface area contributed by atoms with E-state index in [-0.39, 0.29) is 83.1 Å². The van der Waals surface area contributed by atoms with Gasteiger partial charge in [0, 0.05) is 184 Å². The number of fused-ring (bicyclic) bond motifs is 7. The summed E-state index contributed by atoms with van der Waals surface area (Å²) in [5.41, 5.74) is 38.1. The molecule has 0 spiro atoms. The van der Waals surface area contributed by atoms with Crippen LogP contribution >= 0.6 is 0 Å². The van der Waals surface area contributed by atoms with Crippen LogP contribution in [0.4, 0.5) is 0 Å². The molecule has 14 aromatic rings. The third-order valence-corrected chi connectivity index (χ3v) is 24.9. The molecule has 37 heteroatoms. The molecule has 0 saturated heterocycles. The Bertz CT molecular complexity index is 6750. The van der Waals surface area contributed by atoms with Crippen LogP contribution in [0, 0.1) is 11.3 Å². The summed E-state index contributed by atoms with van der Waals surface area (Å²) in [6.07, 6.45) is 9.34. The first kappa shape index (κ1) is 95.7. The van der Waals surface area contributed by atoms with Gasteiger partial charge in [-0.3, -0.25) is 67.7 Å². The summed E-state index contributed by atoms with van der Waals surface area (Å²) in [6.45, 7) is 3.70. The number of aromatic amines is 7. The summed E-state index contributed by atoms with van der Waals surface area (Å²) in [7, 11) is 0. The molecular formula is C99H112N24O13. The molecule has 706 valence electrons. The van der Waals surface area contributed by atoms with E-state index in [1.807, 2.05) is 109 Å². The number of benzene rings is 7. The van der Waals surface area contributed by atoms with Gasteiger partial charge in [-0.15, -0.1) is 0 Å². The number of H-pyrrole nitrogens is 7. The van der Waals surface area contributed by atoms with Gasteiger partial charge in [0.2, 0.25) is 76.8 Å². The lowest BCUT2D eigenvalue weighted by Gasteiger charge is -2.30. The minimum Gasteiger partial charge on any atom is -0.370 e. The van der Waals surface area contributed by atoms with Gasteiger partial charge in [-0.05, 0) is 113 Å². The molecule has 0 fully saturated rings. The van der Waals surface area contributed by atoms with Crippen molar-refractivity contribution in [3.05, 3.63) is 252 Å². The average molecular weight is 1850 g/mol. The zero-order valence-corrected chi connectivity index (χ0v) is 74.9. The molecule has 12 atom stereocenters. The highest BCUT2D eigenvalue weighted by Gasteiger charge is 2.40. The van der Waals surface area contributed by atoms with Crippen LogP contribution in [-0.4, -0.2) is 191 Å². The molecule has 0 aliphatic carbocycles. The van der Waals surface area contributed by atoms with Gasteiger partial charge in [0.25, 0.3) is 0 Å². The third-order valence-electron chi connectivity index (χ3n) is 24.9. The monoisotopic (exact) mass is 1840 g/mol. The Hall–Kier alpha value is -16.3. The molecule has 13 amide bonds. The average Bonchev–Trinajstić information content (AvgIpc) is 1.65. The van der Waals surface area contributed by atoms with Crippen molar-refractivity contribution in [2.24, 2.45) is 34.6 Å². The lowest BCUT2D eigenvalue weighted by Crippen LogP contribution is -2.62. The van der Waals surface area contributed by atoms with Gasteiger partial charge >= 0.3 is 0 Å². The standard InChI is InChI=1S/C99H112N24O13/c1-3-53(2)87(123-97(135)84(45-60-52-113-75-33-17-10-25-67(60)75)118-90(128)76(34-36-85(101)124)114-89(127)68(100)26-18-38-106-99(104)105)98(136)122-83(44-59-51-112-74-32-16-9-24-66(59)74)96(134)121-82(43-58-50-111-73-31-15-8-23-65(58)73)95(133)119-79(40-55-47-108-70-28-12-5-20-62(55)70)92(130)115-77(35-37-86(102)125)91(129)117-81(42-57-49-110-72-30-14-7-22-64(57)72)94(132)120-80(41-56-48-109-71-29-13-6-21-63(56)71)93(131)116-78(88(103)126)39-54-46-107-69-27-11-4-19-61(54)69/h4-17,19-25,27-33,46-53,68,76-84,87,107-113H,3,18,26,34-45,100H2,1-2H3,(H2,101,124)(H2,102,125)(H2,103,126)(H,114,127)(H,115,130)(H,116,131)(H,117,129)(H,118,128)(H,119,133)(H,120,132)(H,121,134)(H,122,136)(H,123,135)(H4,104,105,106)/t53-,68-,76-,77-,78-,79-,80-,81-,82-,83-,84-,87-/m0/s1. The van der Waals surface area contributed by atoms with E-state index in [2.05, 4.69) is 93.4 Å². The van der Waals surface area contributed by atoms with Gasteiger partial charge < -0.3 is 122 Å². The maximum absolute atomic E-state index is 16.1. The second-order valence-electron chi connectivity index (χ2n) is 34.4. The summed E-state index contributed by atoms with van der Waals surface area (Å²) in [5, 5.41) is 43.4. The van der Waals surface area contributed by atoms with E-state index < -0.39 is 162 Å². The summed E-state index contributed by atoms with van der Waals surface area (Å²) in [5.74, 6) is -12.5. The van der Waals surface area contributed by atoms with Crippen LogP contribution in [0.3, 0.4) is 0 Å². The first-order valence-electron chi connectivity index (χ1n) is 45.2. The Morgan fingerprint density at radius 1 is 0.294 bits per heavy atom. The number of hydrogen-bond acceptors (Lipinski definition) is 15. The van der Waals surface area contributed by atoms with Crippen molar-refractivity contribution in [1.82, 2.24) is 93.4 Å². The lowest BCUT2D eigenvalue weighted by atomic mass is 9.95. The fourth-order valence-electron chi connectivity index (χ4n) is 17.3. The number of hydrogen-bond donors (Lipinski definition) is 24. The fraction of sp³-hybridized carbons (Fsp3) is 0.293. The molecule has 0 aliphatic heterocycles. The van der Waals surface area contributed by atoms with Crippen molar-refractivity contribution in [3.8, 4) is 0 Å². The number of rotatable bonds is 47. The molecular weight excluding hydrogens is 1730 g/mol. The Labute approximate surface area is 779 Å². The molecule has 0 aliphatic rings. The van der Waals surface area contributed by atoms with E-state index in [1.165, 1.54) is 0 Å². The molecule has 7 heterocycles. The van der Waals surface area contributed by atoms with Gasteiger partial charge in [0.1, 0.15) is 60.4 Å². The van der Waals surface area contributed by atoms with Gasteiger partial charge in [-0.25, -0.2) is 0 Å². The Morgan fingerprint density at radius 2 is 0.515 bits per heavy atom. The highest BCUT2D eigenvalue weighted by atomic mass is 16.2. The normalized spacial score (nSPS) is 14.2. The van der Waals surface area contributed by atoms with E-state index in [4.69, 9.17) is 34.1 Å². The number of nitrogens with one attached hydrogen (secondary N) is 19. The van der Waals surface area contributed by atoms with Crippen LogP contribution in [0.2, 0.25) is 0 Å². The zero-order valence-electron chi connectivity index (χ0n) is 74.9. The third kappa shape index (κ3) is 23.9. The quantitative estimate of drug-likeness (QED) is 0.0141. The Morgan fingerprint density at radius 3 is 0.765 bits per heavy atom. The van der Waals surface area contributed by atoms with Crippen LogP contribution in [0.15, 0.2) is 213 Å². The molecule has 29 N–H and O–H groups in total. The number of para-hydroxylation sites is 7. The van der Waals surface area contributed by atoms with E-state index in [1.54, 1.807) is 118 Å². The molecule has 7 aromatic carbocycles. The smallest absolute Gasteiger partial charge is 0.243 e. The molecule has 7 aromatic heterocycles. The summed E-state index contributed by atoms with van der Waals surface area (Å²) in [6, 6.07) is 34.3. The highest BCUT2D eigenvalue weighted by Crippen LogP contribution is 2.29. The van der Waals surface area contributed by atoms with Crippen molar-refractivity contribution in [2.45, 2.75) is 170 Å². The predicted molar refractivity (Wildman–Crippen MR) is 516 cm³/mol. The summed E-state index contributed by atoms with van der Waals surface area (Å²) < 4.78 is 0. The van der Waals surface area contributed by atoms with Gasteiger partial charge in [0.15, 0.2) is 5.96 Å². The first-order valence-corrected chi connectivity index (χ1v) is 45.2. The van der Waals surface area contributed by atoms with Gasteiger partial charge in [-0.1, -0.05) is 148 Å². The van der Waals surface area contributed by atoms with Crippen LogP contribution < -0.4 is 87.2 Å². The molecule has 0 saturated carbocycles. The molecule has 136 heavy (non-hydrogen) atoms. The van der Waals surface area contributed by atoms with Crippen LogP contribution in [-0.2, 0) is 107 Å². The van der Waals surface area contributed by atoms with E-state index >= 15 is 38.4 Å². The number of guanidine groups is 1. The lowest BCUT2D eigenvalue weighted by molar-refractivity contribution is -0.136. The maximum atomic E-state index is 16.1. The Kier molecular flexibility index (Phi) is 31.2. The fourth-order valence-corrected chi connectivity index (χ4v) is 17.3. The number of aromatic nitrogens is 7. The van der Waals surface area contributed by atoms with Crippen molar-refractivity contribution >= 4 is 159 Å². The highest BCUT2D eigenvalue weighted by molar-refractivity contribution is 6.02. The molecule has 0 bridgehead atoms. The number of primary amides is 3. The largest absolute Gasteiger partial charge is 0.370 e. The number of amides is 13. The number of carbonyl (C=O) groups is 13. The Balaban J connectivity index is 0.767. The zero-order chi connectivity index (χ0) is 96.2. The maximum Gasteiger partial charge on any atom is 0.243 e. The molecule has 0 unspecified atom stereocenters.